The lowest BCUT2D eigenvalue weighted by Gasteiger charge is -2.54. The predicted octanol–water partition coefficient (Wildman–Crippen LogP) is 4.73. The number of hydrogen-bond acceptors (Lipinski definition) is 3. The van der Waals surface area contributed by atoms with Gasteiger partial charge in [0.1, 0.15) is 0 Å². The number of hydrogen-bond donors (Lipinski definition) is 1. The molecule has 4 fully saturated rings. The van der Waals surface area contributed by atoms with Crippen LogP contribution in [0.5, 0.6) is 0 Å². The predicted molar refractivity (Wildman–Crippen MR) is 115 cm³/mol. The van der Waals surface area contributed by atoms with Gasteiger partial charge in [0.15, 0.2) is 5.78 Å². The molecule has 0 amide bonds. The van der Waals surface area contributed by atoms with Crippen LogP contribution in [0.4, 0.5) is 0 Å². The lowest BCUT2D eigenvalue weighted by Crippen LogP contribution is -2.52. The summed E-state index contributed by atoms with van der Waals surface area (Å²) < 4.78 is 28.5. The summed E-state index contributed by atoms with van der Waals surface area (Å²) in [5, 5.41) is 0. The number of sulfonamides is 1. The average molecular weight is 418 g/mol. The number of nitrogens with one attached hydrogen (secondary N) is 1. The van der Waals surface area contributed by atoms with Crippen LogP contribution in [-0.2, 0) is 21.2 Å². The highest BCUT2D eigenvalue weighted by atomic mass is 32.2. The van der Waals surface area contributed by atoms with E-state index in [1.807, 2.05) is 12.1 Å². The van der Waals surface area contributed by atoms with Gasteiger partial charge in [-0.2, -0.15) is 4.72 Å². The third-order valence-corrected chi connectivity index (χ3v) is 9.37. The fourth-order valence-electron chi connectivity index (χ4n) is 6.42. The molecular weight excluding hydrogens is 382 g/mol. The Bertz CT molecular complexity index is 829. The van der Waals surface area contributed by atoms with Crippen molar-refractivity contribution in [3.63, 3.8) is 0 Å². The second kappa shape index (κ2) is 7.81. The molecule has 0 unspecified atom stereocenters. The van der Waals surface area contributed by atoms with E-state index in [0.29, 0.717) is 24.2 Å². The van der Waals surface area contributed by atoms with Crippen molar-refractivity contribution in [2.24, 2.45) is 29.6 Å². The van der Waals surface area contributed by atoms with E-state index in [9.17, 15) is 13.2 Å². The highest BCUT2D eigenvalue weighted by molar-refractivity contribution is 7.89. The Kier molecular flexibility index (Phi) is 5.67. The van der Waals surface area contributed by atoms with Crippen molar-refractivity contribution in [1.82, 2.24) is 4.72 Å². The maximum atomic E-state index is 13.2. The van der Waals surface area contributed by atoms with Crippen LogP contribution in [0, 0.1) is 29.6 Å². The number of Topliss-reactive ketones (excluding diaryl/α,β-unsaturated/α-hetero) is 1. The molecule has 4 nitrogen and oxygen atoms in total. The second-order valence-electron chi connectivity index (χ2n) is 10.3. The molecule has 0 radical (unpaired) electrons. The number of ketones is 1. The normalized spacial score (nSPS) is 31.2. The Morgan fingerprint density at radius 1 is 1.00 bits per heavy atom. The summed E-state index contributed by atoms with van der Waals surface area (Å²) in [5.74, 6) is 3.59. The van der Waals surface area contributed by atoms with E-state index in [-0.39, 0.29) is 10.7 Å². The molecule has 4 aliphatic carbocycles. The summed E-state index contributed by atoms with van der Waals surface area (Å²) >= 11 is 0. The van der Waals surface area contributed by atoms with Gasteiger partial charge >= 0.3 is 0 Å². The molecule has 160 valence electrons. The third kappa shape index (κ3) is 4.32. The smallest absolute Gasteiger partial charge is 0.241 e. The van der Waals surface area contributed by atoms with Gasteiger partial charge in [0.2, 0.25) is 10.0 Å². The van der Waals surface area contributed by atoms with Gasteiger partial charge in [0.25, 0.3) is 0 Å². The minimum absolute atomic E-state index is 0.0288. The molecule has 4 aliphatic rings. The van der Waals surface area contributed by atoms with Crippen molar-refractivity contribution >= 4 is 15.8 Å². The standard InChI is InChI=1S/C24H35NO3S/c1-4-5-16-6-8-21(9-7-16)29(27,28)25-24(2,3)23(26)15-22-19-11-17-10-18(13-19)14-20(22)12-17/h6-9,17-20,22,25H,4-5,10-15H2,1-3H3. The van der Waals surface area contributed by atoms with Crippen LogP contribution >= 0.6 is 0 Å². The minimum atomic E-state index is -3.73. The molecule has 5 rings (SSSR count). The summed E-state index contributed by atoms with van der Waals surface area (Å²) in [6.45, 7) is 5.53. The molecule has 5 heteroatoms. The van der Waals surface area contributed by atoms with E-state index in [2.05, 4.69) is 11.6 Å². The van der Waals surface area contributed by atoms with Crippen molar-refractivity contribution in [3.8, 4) is 0 Å². The first-order valence-corrected chi connectivity index (χ1v) is 12.8. The monoisotopic (exact) mass is 417 g/mol. The van der Waals surface area contributed by atoms with Crippen LogP contribution < -0.4 is 4.72 Å². The topological polar surface area (TPSA) is 63.2 Å². The Labute approximate surface area is 175 Å². The van der Waals surface area contributed by atoms with Crippen LogP contribution in [-0.4, -0.2) is 19.7 Å². The van der Waals surface area contributed by atoms with Gasteiger partial charge in [0, 0.05) is 6.42 Å². The molecule has 0 aromatic heterocycles. The molecule has 1 aromatic carbocycles. The van der Waals surface area contributed by atoms with Gasteiger partial charge in [-0.15, -0.1) is 0 Å². The maximum absolute atomic E-state index is 13.2. The van der Waals surface area contributed by atoms with Crippen molar-refractivity contribution in [2.75, 3.05) is 0 Å². The van der Waals surface area contributed by atoms with Gasteiger partial charge in [-0.05, 0) is 99.7 Å². The Morgan fingerprint density at radius 3 is 2.07 bits per heavy atom. The molecular formula is C24H35NO3S. The summed E-state index contributed by atoms with van der Waals surface area (Å²) in [6.07, 6.45) is 8.99. The molecule has 1 N–H and O–H groups in total. The van der Waals surface area contributed by atoms with Crippen LogP contribution in [0.1, 0.15) is 71.3 Å². The van der Waals surface area contributed by atoms with Crippen molar-refractivity contribution < 1.29 is 13.2 Å². The second-order valence-corrected chi connectivity index (χ2v) is 12.0. The van der Waals surface area contributed by atoms with Gasteiger partial charge in [-0.25, -0.2) is 8.42 Å². The third-order valence-electron chi connectivity index (χ3n) is 7.70. The number of aryl methyl sites for hydroxylation is 1. The highest BCUT2D eigenvalue weighted by Gasteiger charge is 2.49. The zero-order valence-corrected chi connectivity index (χ0v) is 18.8. The molecule has 0 spiro atoms. The highest BCUT2D eigenvalue weighted by Crippen LogP contribution is 2.57. The molecule has 0 saturated heterocycles. The molecule has 29 heavy (non-hydrogen) atoms. The summed E-state index contributed by atoms with van der Waals surface area (Å²) in [6, 6.07) is 7.01. The van der Waals surface area contributed by atoms with Gasteiger partial charge in [-0.3, -0.25) is 4.79 Å². The number of rotatable bonds is 8. The Hall–Kier alpha value is -1.20. The lowest BCUT2D eigenvalue weighted by molar-refractivity contribution is -0.128. The van der Waals surface area contributed by atoms with Crippen molar-refractivity contribution in [1.29, 1.82) is 0 Å². The van der Waals surface area contributed by atoms with Crippen molar-refractivity contribution in [3.05, 3.63) is 29.8 Å². The molecule has 0 heterocycles. The van der Waals surface area contributed by atoms with Gasteiger partial charge in [-0.1, -0.05) is 25.5 Å². The summed E-state index contributed by atoms with van der Waals surface area (Å²) in [5.41, 5.74) is 0.0407. The SMILES string of the molecule is CCCc1ccc(S(=O)(=O)NC(C)(C)C(=O)CC2C3CC4CC(C3)CC2C4)cc1. The molecule has 4 saturated carbocycles. The first-order valence-electron chi connectivity index (χ1n) is 11.3. The fourth-order valence-corrected chi connectivity index (χ4v) is 7.81. The van der Waals surface area contributed by atoms with Gasteiger partial charge < -0.3 is 0 Å². The summed E-state index contributed by atoms with van der Waals surface area (Å²) in [4.78, 5) is 13.4. The summed E-state index contributed by atoms with van der Waals surface area (Å²) in [7, 11) is -3.73. The zero-order chi connectivity index (χ0) is 20.8. The molecule has 0 atom stereocenters. The minimum Gasteiger partial charge on any atom is -0.298 e. The molecule has 0 aliphatic heterocycles. The van der Waals surface area contributed by atoms with Crippen molar-refractivity contribution in [2.45, 2.75) is 82.6 Å². The van der Waals surface area contributed by atoms with E-state index in [1.165, 1.54) is 32.1 Å². The Balaban J connectivity index is 1.43. The number of carbonyl (C=O) groups is 1. The zero-order valence-electron chi connectivity index (χ0n) is 18.0. The maximum Gasteiger partial charge on any atom is 0.241 e. The van der Waals surface area contributed by atoms with E-state index in [0.717, 1.165) is 30.2 Å². The quantitative estimate of drug-likeness (QED) is 0.665. The van der Waals surface area contributed by atoms with Crippen LogP contribution in [0.15, 0.2) is 29.2 Å². The number of benzene rings is 1. The lowest BCUT2D eigenvalue weighted by atomic mass is 9.51. The van der Waals surface area contributed by atoms with E-state index in [4.69, 9.17) is 0 Å². The number of carbonyl (C=O) groups excluding carboxylic acids is 1. The molecule has 1 aromatic rings. The first-order chi connectivity index (χ1) is 13.7. The average Bonchev–Trinajstić information content (AvgIpc) is 2.64. The van der Waals surface area contributed by atoms with Gasteiger partial charge in [0.05, 0.1) is 10.4 Å². The van der Waals surface area contributed by atoms with Crippen LogP contribution in [0.3, 0.4) is 0 Å². The van der Waals surface area contributed by atoms with E-state index < -0.39 is 15.6 Å². The fraction of sp³-hybridized carbons (Fsp3) is 0.708. The van der Waals surface area contributed by atoms with E-state index >= 15 is 0 Å². The first kappa shape index (κ1) is 21.0. The largest absolute Gasteiger partial charge is 0.298 e. The van der Waals surface area contributed by atoms with Crippen LogP contribution in [0.2, 0.25) is 0 Å². The molecule has 4 bridgehead atoms. The van der Waals surface area contributed by atoms with E-state index in [1.54, 1.807) is 26.0 Å². The van der Waals surface area contributed by atoms with Crippen LogP contribution in [0.25, 0.3) is 0 Å². The Morgan fingerprint density at radius 2 is 1.55 bits per heavy atom.